The fourth-order valence-electron chi connectivity index (χ4n) is 7.77. The molecule has 4 aliphatic rings. The summed E-state index contributed by atoms with van der Waals surface area (Å²) >= 11 is 0. The largest absolute Gasteiger partial charge is 0.507 e. The molecule has 1 aromatic rings. The number of phenols is 1. The van der Waals surface area contributed by atoms with Gasteiger partial charge in [0.2, 0.25) is 0 Å². The summed E-state index contributed by atoms with van der Waals surface area (Å²) in [7, 11) is 0. The Bertz CT molecular complexity index is 790. The lowest BCUT2D eigenvalue weighted by Gasteiger charge is -2.56. The van der Waals surface area contributed by atoms with E-state index in [-0.39, 0.29) is 22.2 Å². The maximum atomic E-state index is 11.3. The molecule has 0 amide bonds. The van der Waals surface area contributed by atoms with Crippen LogP contribution in [-0.2, 0) is 16.0 Å². The normalized spacial score (nSPS) is 42.5. The van der Waals surface area contributed by atoms with Crippen LogP contribution in [0.15, 0.2) is 12.1 Å². The van der Waals surface area contributed by atoms with Crippen molar-refractivity contribution in [3.63, 3.8) is 0 Å². The highest BCUT2D eigenvalue weighted by Gasteiger charge is 2.74. The van der Waals surface area contributed by atoms with Gasteiger partial charge in [-0.05, 0) is 91.9 Å². The molecular formula is C22H26O4. The SMILES string of the molecule is C[C@]12CC[C@@H]3c4cc(C=O)c(O)cc4CC[C@H]3C13CCC2(OC=O)CC3. The first kappa shape index (κ1) is 16.3. The number of ether oxygens (including phenoxy) is 1. The van der Waals surface area contributed by atoms with E-state index >= 15 is 0 Å². The van der Waals surface area contributed by atoms with E-state index in [2.05, 4.69) is 6.92 Å². The van der Waals surface area contributed by atoms with Crippen molar-refractivity contribution in [3.05, 3.63) is 28.8 Å². The van der Waals surface area contributed by atoms with Crippen molar-refractivity contribution in [1.29, 1.82) is 0 Å². The van der Waals surface area contributed by atoms with E-state index in [4.69, 9.17) is 4.74 Å². The van der Waals surface area contributed by atoms with Crippen molar-refractivity contribution in [1.82, 2.24) is 0 Å². The van der Waals surface area contributed by atoms with Crippen molar-refractivity contribution < 1.29 is 19.4 Å². The van der Waals surface area contributed by atoms with Crippen LogP contribution in [0.3, 0.4) is 0 Å². The number of aldehydes is 1. The summed E-state index contributed by atoms with van der Waals surface area (Å²) in [6, 6.07) is 3.75. The maximum Gasteiger partial charge on any atom is 0.293 e. The Labute approximate surface area is 153 Å². The zero-order valence-corrected chi connectivity index (χ0v) is 15.3. The first-order valence-electron chi connectivity index (χ1n) is 9.93. The molecule has 0 heterocycles. The second-order valence-corrected chi connectivity index (χ2v) is 9.21. The number of rotatable bonds is 3. The lowest BCUT2D eigenvalue weighted by Crippen LogP contribution is -2.52. The van der Waals surface area contributed by atoms with Crippen LogP contribution in [0.2, 0.25) is 0 Å². The minimum atomic E-state index is -0.261. The molecule has 3 saturated carbocycles. The molecule has 0 aliphatic heterocycles. The fraction of sp³-hybridized carbons (Fsp3) is 0.636. The zero-order chi connectivity index (χ0) is 18.2. The van der Waals surface area contributed by atoms with Crippen LogP contribution in [0, 0.1) is 16.7 Å². The standard InChI is InChI=1S/C22H26O4/c1-20-5-4-16-17-10-15(12-23)19(25)11-14(17)2-3-18(16)21(20)6-8-22(20,9-7-21)26-13-24/h10-13,16,18,25H,2-9H2,1H3/t16-,18-,20+,21?,22?/m1/s1. The number of benzene rings is 1. The number of aromatic hydroxyl groups is 1. The van der Waals surface area contributed by atoms with Crippen LogP contribution in [0.4, 0.5) is 0 Å². The van der Waals surface area contributed by atoms with Gasteiger partial charge in [-0.1, -0.05) is 6.92 Å². The molecule has 5 rings (SSSR count). The molecule has 3 atom stereocenters. The third kappa shape index (κ3) is 1.67. The summed E-state index contributed by atoms with van der Waals surface area (Å²) in [5, 5.41) is 10.1. The third-order valence-electron chi connectivity index (χ3n) is 9.02. The van der Waals surface area contributed by atoms with Crippen molar-refractivity contribution in [2.45, 2.75) is 69.8 Å². The smallest absolute Gasteiger partial charge is 0.293 e. The Kier molecular flexibility index (Phi) is 3.21. The van der Waals surface area contributed by atoms with Gasteiger partial charge in [0, 0.05) is 5.41 Å². The number of hydrogen-bond donors (Lipinski definition) is 1. The summed E-state index contributed by atoms with van der Waals surface area (Å²) < 4.78 is 5.79. The monoisotopic (exact) mass is 354 g/mol. The van der Waals surface area contributed by atoms with E-state index in [1.807, 2.05) is 12.1 Å². The third-order valence-corrected chi connectivity index (χ3v) is 9.02. The van der Waals surface area contributed by atoms with Gasteiger partial charge >= 0.3 is 0 Å². The Morgan fingerprint density at radius 3 is 2.58 bits per heavy atom. The molecular weight excluding hydrogens is 328 g/mol. The highest BCUT2D eigenvalue weighted by atomic mass is 16.5. The number of carbonyl (C=O) groups is 2. The van der Waals surface area contributed by atoms with Gasteiger partial charge in [-0.15, -0.1) is 0 Å². The summed E-state index contributed by atoms with van der Waals surface area (Å²) in [6.45, 7) is 3.05. The molecule has 138 valence electrons. The molecule has 4 heteroatoms. The maximum absolute atomic E-state index is 11.3. The van der Waals surface area contributed by atoms with E-state index in [1.165, 1.54) is 11.1 Å². The number of hydrogen-bond acceptors (Lipinski definition) is 4. The van der Waals surface area contributed by atoms with Crippen molar-refractivity contribution in [2.75, 3.05) is 0 Å². The van der Waals surface area contributed by atoms with E-state index in [0.29, 0.717) is 23.9 Å². The average Bonchev–Trinajstić information content (AvgIpc) is 3.04. The lowest BCUT2D eigenvalue weighted by atomic mass is 9.48. The number of aryl methyl sites for hydroxylation is 1. The van der Waals surface area contributed by atoms with Crippen LogP contribution < -0.4 is 0 Å². The molecule has 4 nitrogen and oxygen atoms in total. The van der Waals surface area contributed by atoms with Gasteiger partial charge in [-0.25, -0.2) is 0 Å². The highest BCUT2D eigenvalue weighted by Crippen LogP contribution is 2.78. The second kappa shape index (κ2) is 5.11. The topological polar surface area (TPSA) is 63.6 Å². The zero-order valence-electron chi connectivity index (χ0n) is 15.3. The van der Waals surface area contributed by atoms with Gasteiger partial charge in [0.15, 0.2) is 6.29 Å². The molecule has 0 aromatic heterocycles. The number of carbonyl (C=O) groups excluding carboxylic acids is 2. The minimum Gasteiger partial charge on any atom is -0.507 e. The van der Waals surface area contributed by atoms with E-state index in [9.17, 15) is 14.7 Å². The van der Waals surface area contributed by atoms with Crippen molar-refractivity contribution >= 4 is 12.8 Å². The molecule has 1 N–H and O–H groups in total. The molecule has 2 bridgehead atoms. The minimum absolute atomic E-state index is 0.0734. The highest BCUT2D eigenvalue weighted by molar-refractivity contribution is 5.80. The van der Waals surface area contributed by atoms with E-state index in [0.717, 1.165) is 57.7 Å². The second-order valence-electron chi connectivity index (χ2n) is 9.21. The molecule has 3 fully saturated rings. The van der Waals surface area contributed by atoms with E-state index < -0.39 is 0 Å². The Morgan fingerprint density at radius 2 is 1.88 bits per heavy atom. The van der Waals surface area contributed by atoms with Crippen molar-refractivity contribution in [2.24, 2.45) is 16.7 Å². The van der Waals surface area contributed by atoms with Gasteiger partial charge in [-0.3, -0.25) is 9.59 Å². The number of phenolic OH excluding ortho intramolecular Hbond substituents is 1. The van der Waals surface area contributed by atoms with Gasteiger partial charge in [-0.2, -0.15) is 0 Å². The van der Waals surface area contributed by atoms with Crippen LogP contribution in [-0.4, -0.2) is 23.5 Å². The van der Waals surface area contributed by atoms with Crippen LogP contribution in [0.1, 0.15) is 79.3 Å². The summed E-state index contributed by atoms with van der Waals surface area (Å²) in [6.07, 6.45) is 9.27. The van der Waals surface area contributed by atoms with Gasteiger partial charge in [0.1, 0.15) is 11.4 Å². The van der Waals surface area contributed by atoms with Crippen molar-refractivity contribution in [3.8, 4) is 5.75 Å². The summed E-state index contributed by atoms with van der Waals surface area (Å²) in [5.41, 5.74) is 2.95. The molecule has 0 unspecified atom stereocenters. The summed E-state index contributed by atoms with van der Waals surface area (Å²) in [4.78, 5) is 22.6. The molecule has 0 saturated heterocycles. The van der Waals surface area contributed by atoms with E-state index in [1.54, 1.807) is 0 Å². The fourth-order valence-corrected chi connectivity index (χ4v) is 7.77. The van der Waals surface area contributed by atoms with Crippen LogP contribution in [0.5, 0.6) is 5.75 Å². The molecule has 0 radical (unpaired) electrons. The Balaban J connectivity index is 1.59. The van der Waals surface area contributed by atoms with Crippen LogP contribution in [0.25, 0.3) is 0 Å². The first-order valence-corrected chi connectivity index (χ1v) is 9.93. The lowest BCUT2D eigenvalue weighted by molar-refractivity contribution is -0.161. The molecule has 1 aromatic carbocycles. The summed E-state index contributed by atoms with van der Waals surface area (Å²) in [5.74, 6) is 1.14. The molecule has 0 spiro atoms. The Hall–Kier alpha value is -1.84. The first-order chi connectivity index (χ1) is 12.5. The predicted octanol–water partition coefficient (Wildman–Crippen LogP) is 4.14. The predicted molar refractivity (Wildman–Crippen MR) is 96.2 cm³/mol. The molecule has 26 heavy (non-hydrogen) atoms. The van der Waals surface area contributed by atoms with Gasteiger partial charge in [0.05, 0.1) is 5.56 Å². The quantitative estimate of drug-likeness (QED) is 0.829. The van der Waals surface area contributed by atoms with Gasteiger partial charge in [0.25, 0.3) is 6.47 Å². The number of fused-ring (bicyclic) bond motifs is 3. The molecule has 4 aliphatic carbocycles. The average molecular weight is 354 g/mol. The van der Waals surface area contributed by atoms with Gasteiger partial charge < -0.3 is 9.84 Å². The van der Waals surface area contributed by atoms with Crippen LogP contribution >= 0.6 is 0 Å². The Morgan fingerprint density at radius 1 is 1.12 bits per heavy atom.